The first kappa shape index (κ1) is 14.0. The van der Waals surface area contributed by atoms with Crippen molar-refractivity contribution in [2.24, 2.45) is 5.92 Å². The highest BCUT2D eigenvalue weighted by Gasteiger charge is 2.27. The summed E-state index contributed by atoms with van der Waals surface area (Å²) >= 11 is 0. The highest BCUT2D eigenvalue weighted by Crippen LogP contribution is 2.18. The van der Waals surface area contributed by atoms with Gasteiger partial charge in [-0.1, -0.05) is 20.8 Å². The zero-order valence-corrected chi connectivity index (χ0v) is 11.8. The maximum Gasteiger partial charge on any atom is 0.0221 e. The van der Waals surface area contributed by atoms with E-state index in [0.717, 1.165) is 18.0 Å². The molecule has 0 aliphatic carbocycles. The number of rotatable bonds is 5. The molecule has 1 aliphatic heterocycles. The van der Waals surface area contributed by atoms with E-state index in [2.05, 4.69) is 44.8 Å². The van der Waals surface area contributed by atoms with Crippen LogP contribution in [-0.4, -0.2) is 36.1 Å². The summed E-state index contributed by atoms with van der Waals surface area (Å²) in [6, 6.07) is 2.15. The molecule has 0 radical (unpaired) electrons. The molecule has 0 aromatic heterocycles. The Balaban J connectivity index is 2.46. The van der Waals surface area contributed by atoms with Crippen LogP contribution in [0, 0.1) is 5.92 Å². The van der Waals surface area contributed by atoms with Crippen LogP contribution in [0.3, 0.4) is 0 Å². The van der Waals surface area contributed by atoms with Crippen LogP contribution < -0.4 is 5.32 Å². The lowest BCUT2D eigenvalue weighted by molar-refractivity contribution is 0.0836. The average Bonchev–Trinajstić information content (AvgIpc) is 2.25. The molecular formula is C14H30N2. The molecule has 1 N–H and O–H groups in total. The third kappa shape index (κ3) is 4.06. The van der Waals surface area contributed by atoms with Crippen LogP contribution in [0.25, 0.3) is 0 Å². The van der Waals surface area contributed by atoms with Gasteiger partial charge < -0.3 is 5.32 Å². The van der Waals surface area contributed by atoms with Crippen LogP contribution in [-0.2, 0) is 0 Å². The van der Waals surface area contributed by atoms with Crippen LogP contribution in [0.1, 0.15) is 53.9 Å². The van der Waals surface area contributed by atoms with E-state index in [0.29, 0.717) is 6.04 Å². The summed E-state index contributed by atoms with van der Waals surface area (Å²) in [7, 11) is 0. The van der Waals surface area contributed by atoms with Crippen molar-refractivity contribution >= 4 is 0 Å². The summed E-state index contributed by atoms with van der Waals surface area (Å²) in [5.41, 5.74) is 0. The van der Waals surface area contributed by atoms with E-state index < -0.39 is 0 Å². The Labute approximate surface area is 102 Å². The normalized spacial score (nSPS) is 29.6. The average molecular weight is 226 g/mol. The maximum atomic E-state index is 3.59. The molecule has 3 unspecified atom stereocenters. The van der Waals surface area contributed by atoms with Crippen molar-refractivity contribution < 1.29 is 0 Å². The van der Waals surface area contributed by atoms with E-state index in [1.807, 2.05) is 0 Å². The van der Waals surface area contributed by atoms with Gasteiger partial charge in [0.25, 0.3) is 0 Å². The molecule has 2 heteroatoms. The molecule has 1 rings (SSSR count). The van der Waals surface area contributed by atoms with Crippen molar-refractivity contribution in [2.75, 3.05) is 13.1 Å². The second-order valence-electron chi connectivity index (χ2n) is 5.89. The number of hydrogen-bond acceptors (Lipinski definition) is 2. The van der Waals surface area contributed by atoms with Gasteiger partial charge in [0.1, 0.15) is 0 Å². The van der Waals surface area contributed by atoms with Crippen LogP contribution >= 0.6 is 0 Å². The summed E-state index contributed by atoms with van der Waals surface area (Å²) in [4.78, 5) is 2.73. The van der Waals surface area contributed by atoms with Crippen molar-refractivity contribution in [3.05, 3.63) is 0 Å². The van der Waals surface area contributed by atoms with E-state index >= 15 is 0 Å². The molecule has 3 atom stereocenters. The summed E-state index contributed by atoms with van der Waals surface area (Å²) in [6.45, 7) is 14.1. The Morgan fingerprint density at radius 1 is 1.25 bits per heavy atom. The molecule has 0 aromatic rings. The minimum Gasteiger partial charge on any atom is -0.311 e. The lowest BCUT2D eigenvalue weighted by Crippen LogP contribution is -2.57. The fourth-order valence-electron chi connectivity index (χ4n) is 2.64. The van der Waals surface area contributed by atoms with Gasteiger partial charge in [0.05, 0.1) is 0 Å². The number of piperazine rings is 1. The summed E-state index contributed by atoms with van der Waals surface area (Å²) in [5.74, 6) is 0.836. The Morgan fingerprint density at radius 3 is 2.50 bits per heavy atom. The standard InChI is InChI=1S/C14H30N2/c1-6-14-9-15-12(4)10-16(14)13(5)8-7-11(2)3/h11-15H,6-10H2,1-5H3. The second kappa shape index (κ2) is 6.61. The molecule has 1 saturated heterocycles. The molecule has 0 bridgehead atoms. The van der Waals surface area contributed by atoms with E-state index in [1.54, 1.807) is 0 Å². The third-order valence-electron chi connectivity index (χ3n) is 3.85. The van der Waals surface area contributed by atoms with Gasteiger partial charge in [-0.2, -0.15) is 0 Å². The van der Waals surface area contributed by atoms with Gasteiger partial charge in [-0.05, 0) is 39.0 Å². The largest absolute Gasteiger partial charge is 0.311 e. The van der Waals surface area contributed by atoms with Crippen molar-refractivity contribution in [3.8, 4) is 0 Å². The molecule has 0 aromatic carbocycles. The fourth-order valence-corrected chi connectivity index (χ4v) is 2.64. The van der Waals surface area contributed by atoms with Gasteiger partial charge in [0.15, 0.2) is 0 Å². The summed E-state index contributed by atoms with van der Waals surface area (Å²) < 4.78 is 0. The minimum atomic E-state index is 0.657. The number of nitrogens with one attached hydrogen (secondary N) is 1. The molecule has 1 heterocycles. The first-order valence-corrected chi connectivity index (χ1v) is 7.03. The number of hydrogen-bond donors (Lipinski definition) is 1. The van der Waals surface area contributed by atoms with Crippen molar-refractivity contribution in [3.63, 3.8) is 0 Å². The molecule has 1 aliphatic rings. The molecule has 2 nitrogen and oxygen atoms in total. The predicted molar refractivity (Wildman–Crippen MR) is 71.8 cm³/mol. The zero-order valence-electron chi connectivity index (χ0n) is 11.8. The quantitative estimate of drug-likeness (QED) is 0.775. The first-order chi connectivity index (χ1) is 7.54. The molecule has 0 amide bonds. The van der Waals surface area contributed by atoms with Gasteiger partial charge in [-0.3, -0.25) is 4.90 Å². The molecule has 16 heavy (non-hydrogen) atoms. The highest BCUT2D eigenvalue weighted by molar-refractivity contribution is 4.86. The van der Waals surface area contributed by atoms with E-state index in [-0.39, 0.29) is 0 Å². The maximum absolute atomic E-state index is 3.59. The van der Waals surface area contributed by atoms with E-state index in [4.69, 9.17) is 0 Å². The molecule has 0 saturated carbocycles. The van der Waals surface area contributed by atoms with E-state index in [9.17, 15) is 0 Å². The highest BCUT2D eigenvalue weighted by atomic mass is 15.2. The van der Waals surface area contributed by atoms with Crippen LogP contribution in [0.4, 0.5) is 0 Å². The molecule has 0 spiro atoms. The van der Waals surface area contributed by atoms with Gasteiger partial charge in [0, 0.05) is 31.2 Å². The van der Waals surface area contributed by atoms with E-state index in [1.165, 1.54) is 32.4 Å². The van der Waals surface area contributed by atoms with Crippen molar-refractivity contribution in [1.82, 2.24) is 10.2 Å². The Hall–Kier alpha value is -0.0800. The van der Waals surface area contributed by atoms with Gasteiger partial charge in [0.2, 0.25) is 0 Å². The Bertz CT molecular complexity index is 191. The third-order valence-corrected chi connectivity index (χ3v) is 3.85. The molecule has 1 fully saturated rings. The van der Waals surface area contributed by atoms with Gasteiger partial charge in [-0.25, -0.2) is 0 Å². The molecule has 96 valence electrons. The summed E-state index contributed by atoms with van der Waals surface area (Å²) in [5, 5.41) is 3.59. The minimum absolute atomic E-state index is 0.657. The lowest BCUT2D eigenvalue weighted by atomic mass is 9.99. The smallest absolute Gasteiger partial charge is 0.0221 e. The van der Waals surface area contributed by atoms with Gasteiger partial charge >= 0.3 is 0 Å². The topological polar surface area (TPSA) is 15.3 Å². The Morgan fingerprint density at radius 2 is 1.94 bits per heavy atom. The molecular weight excluding hydrogens is 196 g/mol. The van der Waals surface area contributed by atoms with Crippen LogP contribution in [0.5, 0.6) is 0 Å². The summed E-state index contributed by atoms with van der Waals surface area (Å²) in [6.07, 6.45) is 3.97. The van der Waals surface area contributed by atoms with Crippen LogP contribution in [0.15, 0.2) is 0 Å². The van der Waals surface area contributed by atoms with Crippen molar-refractivity contribution in [2.45, 2.75) is 72.0 Å². The predicted octanol–water partition coefficient (Wildman–Crippen LogP) is 2.88. The Kier molecular flexibility index (Phi) is 5.77. The zero-order chi connectivity index (χ0) is 12.1. The van der Waals surface area contributed by atoms with Gasteiger partial charge in [-0.15, -0.1) is 0 Å². The van der Waals surface area contributed by atoms with Crippen LogP contribution in [0.2, 0.25) is 0 Å². The lowest BCUT2D eigenvalue weighted by Gasteiger charge is -2.43. The van der Waals surface area contributed by atoms with Crippen molar-refractivity contribution in [1.29, 1.82) is 0 Å². The fraction of sp³-hybridized carbons (Fsp3) is 1.00. The number of nitrogens with zero attached hydrogens (tertiary/aromatic N) is 1. The monoisotopic (exact) mass is 226 g/mol. The first-order valence-electron chi connectivity index (χ1n) is 7.03. The second-order valence-corrected chi connectivity index (χ2v) is 5.89. The SMILES string of the molecule is CCC1CNC(C)CN1C(C)CCC(C)C.